The molecule has 0 aliphatic carbocycles. The molecule has 1 N–H and O–H groups in total. The molecule has 0 unspecified atom stereocenters. The van der Waals surface area contributed by atoms with Gasteiger partial charge in [0.15, 0.2) is 4.77 Å². The summed E-state index contributed by atoms with van der Waals surface area (Å²) >= 11 is 14.6. The third-order valence-corrected chi connectivity index (χ3v) is 4.25. The van der Waals surface area contributed by atoms with Crippen molar-refractivity contribution in [1.82, 2.24) is 9.55 Å². The van der Waals surface area contributed by atoms with E-state index in [1.54, 1.807) is 12.1 Å². The van der Waals surface area contributed by atoms with Gasteiger partial charge in [-0.05, 0) is 71.0 Å². The normalized spacial score (nSPS) is 11.2. The highest BCUT2D eigenvalue weighted by molar-refractivity contribution is 9.10. The number of nitrogens with zero attached hydrogens (tertiary/aromatic N) is 1. The number of hydrogen-bond donors (Lipinski definition) is 1. The van der Waals surface area contributed by atoms with Crippen LogP contribution in [0, 0.1) is 17.5 Å². The number of H-pyrrole nitrogens is 1. The van der Waals surface area contributed by atoms with Crippen LogP contribution in [0.2, 0.25) is 5.02 Å². The van der Waals surface area contributed by atoms with Gasteiger partial charge in [0.25, 0.3) is 0 Å². The molecule has 0 radical (unpaired) electrons. The van der Waals surface area contributed by atoms with Crippen molar-refractivity contribution in [1.29, 1.82) is 0 Å². The summed E-state index contributed by atoms with van der Waals surface area (Å²) in [5.41, 5.74) is 3.36. The Morgan fingerprint density at radius 1 is 1.30 bits per heavy atom. The predicted octanol–water partition coefficient (Wildman–Crippen LogP) is 5.55. The van der Waals surface area contributed by atoms with Crippen molar-refractivity contribution in [3.8, 4) is 5.69 Å². The number of benzene rings is 2. The monoisotopic (exact) mass is 370 g/mol. The summed E-state index contributed by atoms with van der Waals surface area (Å²) in [5, 5.41) is 0.624. The van der Waals surface area contributed by atoms with Crippen LogP contribution in [0.25, 0.3) is 16.7 Å². The molecule has 20 heavy (non-hydrogen) atoms. The molecule has 3 rings (SSSR count). The van der Waals surface area contributed by atoms with Crippen LogP contribution >= 0.6 is 39.7 Å². The molecule has 102 valence electrons. The van der Waals surface area contributed by atoms with Crippen LogP contribution in [0.4, 0.5) is 4.39 Å². The minimum Gasteiger partial charge on any atom is -0.330 e. The lowest BCUT2D eigenvalue weighted by Gasteiger charge is -2.10. The van der Waals surface area contributed by atoms with Crippen molar-refractivity contribution in [3.05, 3.63) is 56.0 Å². The molecule has 1 aromatic heterocycles. The standard InChI is InChI=1S/C14H9BrClFN2S/c1-7-4-10(17)9(15)6-12(7)19-13-5-8(16)2-3-11(13)18-14(19)20/h2-6H,1H3,(H,18,20). The Morgan fingerprint density at radius 3 is 2.80 bits per heavy atom. The molecule has 0 aliphatic heterocycles. The van der Waals surface area contributed by atoms with Crippen LogP contribution in [0.1, 0.15) is 5.56 Å². The number of hydrogen-bond acceptors (Lipinski definition) is 1. The van der Waals surface area contributed by atoms with E-state index in [1.165, 1.54) is 6.07 Å². The number of imidazole rings is 1. The average Bonchev–Trinajstić information content (AvgIpc) is 2.69. The van der Waals surface area contributed by atoms with Crippen LogP contribution in [0.15, 0.2) is 34.8 Å². The third kappa shape index (κ3) is 2.20. The fourth-order valence-corrected chi connectivity index (χ4v) is 3.00. The van der Waals surface area contributed by atoms with Gasteiger partial charge in [-0.25, -0.2) is 4.39 Å². The Hall–Kier alpha value is -1.17. The van der Waals surface area contributed by atoms with Crippen molar-refractivity contribution in [2.75, 3.05) is 0 Å². The minimum absolute atomic E-state index is 0.296. The van der Waals surface area contributed by atoms with E-state index in [1.807, 2.05) is 23.6 Å². The second-order valence-electron chi connectivity index (χ2n) is 4.48. The zero-order valence-electron chi connectivity index (χ0n) is 10.4. The van der Waals surface area contributed by atoms with Gasteiger partial charge in [0.2, 0.25) is 0 Å². The number of fused-ring (bicyclic) bond motifs is 1. The quantitative estimate of drug-likeness (QED) is 0.556. The molecule has 3 aromatic rings. The molecule has 0 aliphatic rings. The van der Waals surface area contributed by atoms with E-state index in [4.69, 9.17) is 23.8 Å². The first-order valence-corrected chi connectivity index (χ1v) is 7.41. The van der Waals surface area contributed by atoms with E-state index in [-0.39, 0.29) is 5.82 Å². The first-order chi connectivity index (χ1) is 9.47. The summed E-state index contributed by atoms with van der Waals surface area (Å²) in [6.45, 7) is 1.84. The molecular weight excluding hydrogens is 363 g/mol. The molecule has 0 saturated heterocycles. The van der Waals surface area contributed by atoms with Gasteiger partial charge in [0, 0.05) is 5.02 Å². The topological polar surface area (TPSA) is 20.7 Å². The molecule has 0 spiro atoms. The largest absolute Gasteiger partial charge is 0.330 e. The summed E-state index contributed by atoms with van der Waals surface area (Å²) in [4.78, 5) is 3.12. The van der Waals surface area contributed by atoms with Gasteiger partial charge >= 0.3 is 0 Å². The first-order valence-electron chi connectivity index (χ1n) is 5.83. The van der Waals surface area contributed by atoms with E-state index >= 15 is 0 Å². The zero-order valence-corrected chi connectivity index (χ0v) is 13.5. The Balaban J connectivity index is 2.40. The molecular formula is C14H9BrClFN2S. The fraction of sp³-hybridized carbons (Fsp3) is 0.0714. The van der Waals surface area contributed by atoms with Gasteiger partial charge in [-0.1, -0.05) is 11.6 Å². The third-order valence-electron chi connectivity index (χ3n) is 3.13. The smallest absolute Gasteiger partial charge is 0.182 e. The van der Waals surface area contributed by atoms with E-state index in [0.29, 0.717) is 14.3 Å². The van der Waals surface area contributed by atoms with Crippen molar-refractivity contribution in [2.24, 2.45) is 0 Å². The maximum atomic E-state index is 13.6. The summed E-state index contributed by atoms with van der Waals surface area (Å²) in [6.07, 6.45) is 0. The Kier molecular flexibility index (Phi) is 3.44. The molecule has 0 bridgehead atoms. The first kappa shape index (κ1) is 13.8. The Morgan fingerprint density at radius 2 is 2.05 bits per heavy atom. The van der Waals surface area contributed by atoms with Crippen LogP contribution in [-0.2, 0) is 0 Å². The van der Waals surface area contributed by atoms with E-state index in [9.17, 15) is 4.39 Å². The SMILES string of the molecule is Cc1cc(F)c(Br)cc1-n1c(=S)[nH]c2ccc(Cl)cc21. The van der Waals surface area contributed by atoms with Crippen molar-refractivity contribution >= 4 is 50.8 Å². The van der Waals surface area contributed by atoms with E-state index in [0.717, 1.165) is 22.3 Å². The molecule has 0 amide bonds. The number of aryl methyl sites for hydroxylation is 1. The van der Waals surface area contributed by atoms with Crippen molar-refractivity contribution in [3.63, 3.8) is 0 Å². The summed E-state index contributed by atoms with van der Waals surface area (Å²) in [5.74, 6) is -0.296. The second-order valence-corrected chi connectivity index (χ2v) is 6.16. The summed E-state index contributed by atoms with van der Waals surface area (Å²) < 4.78 is 16.4. The highest BCUT2D eigenvalue weighted by Crippen LogP contribution is 2.28. The van der Waals surface area contributed by atoms with Gasteiger partial charge in [-0.15, -0.1) is 0 Å². The molecule has 2 nitrogen and oxygen atoms in total. The zero-order chi connectivity index (χ0) is 14.4. The number of halogens is 3. The van der Waals surface area contributed by atoms with Gasteiger partial charge < -0.3 is 4.98 Å². The maximum absolute atomic E-state index is 13.6. The van der Waals surface area contributed by atoms with Crippen LogP contribution < -0.4 is 0 Å². The van der Waals surface area contributed by atoms with Gasteiger partial charge in [-0.3, -0.25) is 4.57 Å². The number of aromatic nitrogens is 2. The lowest BCUT2D eigenvalue weighted by molar-refractivity contribution is 0.619. The van der Waals surface area contributed by atoms with E-state index in [2.05, 4.69) is 20.9 Å². The summed E-state index contributed by atoms with van der Waals surface area (Å²) in [7, 11) is 0. The average molecular weight is 372 g/mol. The van der Waals surface area contributed by atoms with Crippen molar-refractivity contribution in [2.45, 2.75) is 6.92 Å². The highest BCUT2D eigenvalue weighted by atomic mass is 79.9. The molecule has 0 saturated carbocycles. The molecule has 2 aromatic carbocycles. The minimum atomic E-state index is -0.296. The second kappa shape index (κ2) is 4.98. The number of aromatic amines is 1. The Labute approximate surface area is 133 Å². The lowest BCUT2D eigenvalue weighted by Crippen LogP contribution is -1.98. The fourth-order valence-electron chi connectivity index (χ4n) is 2.19. The summed E-state index contributed by atoms with van der Waals surface area (Å²) in [6, 6.07) is 8.70. The molecule has 0 atom stereocenters. The van der Waals surface area contributed by atoms with Gasteiger partial charge in [0.1, 0.15) is 5.82 Å². The Bertz CT molecular complexity index is 885. The van der Waals surface area contributed by atoms with E-state index < -0.39 is 0 Å². The van der Waals surface area contributed by atoms with Crippen LogP contribution in [0.3, 0.4) is 0 Å². The molecule has 0 fully saturated rings. The van der Waals surface area contributed by atoms with Crippen molar-refractivity contribution < 1.29 is 4.39 Å². The molecule has 1 heterocycles. The maximum Gasteiger partial charge on any atom is 0.182 e. The lowest BCUT2D eigenvalue weighted by atomic mass is 10.2. The number of nitrogens with one attached hydrogen (secondary N) is 1. The van der Waals surface area contributed by atoms with Gasteiger partial charge in [-0.2, -0.15) is 0 Å². The van der Waals surface area contributed by atoms with Crippen LogP contribution in [0.5, 0.6) is 0 Å². The van der Waals surface area contributed by atoms with Gasteiger partial charge in [0.05, 0.1) is 21.2 Å². The predicted molar refractivity (Wildman–Crippen MR) is 85.9 cm³/mol. The highest BCUT2D eigenvalue weighted by Gasteiger charge is 2.12. The van der Waals surface area contributed by atoms with Crippen LogP contribution in [-0.4, -0.2) is 9.55 Å². The molecule has 6 heteroatoms. The number of rotatable bonds is 1.